The van der Waals surface area contributed by atoms with Gasteiger partial charge in [-0.3, -0.25) is 8.93 Å². The average Bonchev–Trinajstić information content (AvgIpc) is 1.99. The minimum atomic E-state index is -2.54. The molecule has 1 amide bonds. The van der Waals surface area contributed by atoms with Crippen molar-refractivity contribution in [3.8, 4) is 0 Å². The van der Waals surface area contributed by atoms with Gasteiger partial charge in [-0.2, -0.15) is 0 Å². The number of carbonyl (C=O) groups excluding carboxylic acids is 1. The van der Waals surface area contributed by atoms with Crippen LogP contribution >= 0.6 is 0 Å². The maximum Gasteiger partial charge on any atom is 0.418 e. The molecule has 0 unspecified atom stereocenters. The highest BCUT2D eigenvalue weighted by Gasteiger charge is 2.24. The largest absolute Gasteiger partial charge is 0.443 e. The van der Waals surface area contributed by atoms with Gasteiger partial charge in [0.25, 0.3) is 0 Å². The zero-order valence-corrected chi connectivity index (χ0v) is 10.4. The summed E-state index contributed by atoms with van der Waals surface area (Å²) >= 11 is 0. The molecule has 90 valence electrons. The molecule has 1 aliphatic rings. The third kappa shape index (κ3) is 4.61. The maximum atomic E-state index is 12.1. The quantitative estimate of drug-likeness (QED) is 0.563. The van der Waals surface area contributed by atoms with E-state index in [2.05, 4.69) is 10.0 Å². The second kappa shape index (κ2) is 4.49. The molecule has 5 nitrogen and oxygen atoms in total. The summed E-state index contributed by atoms with van der Waals surface area (Å²) in [5, 5.41) is 3.10. The molecule has 1 heterocycles. The molecular formula is C9H20N2O3S. The first-order valence-electron chi connectivity index (χ1n) is 5.11. The van der Waals surface area contributed by atoms with Crippen molar-refractivity contribution >= 4 is 16.2 Å². The Morgan fingerprint density at radius 2 is 1.87 bits per heavy atom. The molecule has 1 fully saturated rings. The number of carbonyl (C=O) groups is 1. The molecule has 1 rings (SSSR count). The molecular weight excluding hydrogens is 216 g/mol. The lowest BCUT2D eigenvalue weighted by Crippen LogP contribution is -2.51. The van der Waals surface area contributed by atoms with E-state index in [1.54, 1.807) is 20.8 Å². The number of ether oxygens (including phenoxy) is 1. The van der Waals surface area contributed by atoms with Gasteiger partial charge in [0, 0.05) is 24.6 Å². The van der Waals surface area contributed by atoms with Crippen LogP contribution in [-0.4, -0.2) is 40.5 Å². The number of rotatable bonds is 1. The van der Waals surface area contributed by atoms with Crippen molar-refractivity contribution in [1.29, 1.82) is 0 Å². The van der Waals surface area contributed by atoms with Crippen molar-refractivity contribution < 1.29 is 13.7 Å². The molecule has 6 heteroatoms. The Kier molecular flexibility index (Phi) is 3.72. The number of amides is 1. The van der Waals surface area contributed by atoms with Crippen LogP contribution < -0.4 is 10.0 Å². The van der Waals surface area contributed by atoms with Crippen molar-refractivity contribution in [2.24, 2.45) is 0 Å². The van der Waals surface area contributed by atoms with Gasteiger partial charge in [-0.25, -0.2) is 4.79 Å². The second-order valence-corrected chi connectivity index (χ2v) is 7.60. The molecule has 0 aliphatic carbocycles. The lowest BCUT2D eigenvalue weighted by molar-refractivity contribution is 0.0571. The third-order valence-electron chi connectivity index (χ3n) is 1.99. The highest BCUT2D eigenvalue weighted by atomic mass is 32.3. The standard InChI is InChI=1S/C9H20N2O3S/c1-9(2,3)14-8(12)11-15(13)6-4-10-5-7-15/h10,15H,4-7H2,1-3H3,(H,11,12,13). The molecule has 0 aromatic heterocycles. The van der Waals surface area contributed by atoms with E-state index >= 15 is 0 Å². The van der Waals surface area contributed by atoms with Crippen LogP contribution in [-0.2, 0) is 14.9 Å². The fraction of sp³-hybridized carbons (Fsp3) is 0.889. The first-order chi connectivity index (χ1) is 6.81. The predicted octanol–water partition coefficient (Wildman–Crippen LogP) is 0.0460. The lowest BCUT2D eigenvalue weighted by Gasteiger charge is -2.30. The monoisotopic (exact) mass is 236 g/mol. The zero-order valence-electron chi connectivity index (χ0n) is 9.50. The number of hydrogen-bond acceptors (Lipinski definition) is 4. The van der Waals surface area contributed by atoms with Crippen LogP contribution in [0.2, 0.25) is 0 Å². The summed E-state index contributed by atoms with van der Waals surface area (Å²) in [6.07, 6.45) is -0.576. The van der Waals surface area contributed by atoms with Crippen molar-refractivity contribution in [3.05, 3.63) is 0 Å². The summed E-state index contributed by atoms with van der Waals surface area (Å²) in [6, 6.07) is 0. The SMILES string of the molecule is CC(C)(C)OC(=O)N[SH]1(=O)CCNCC1. The first-order valence-corrected chi connectivity index (χ1v) is 7.19. The van der Waals surface area contributed by atoms with E-state index in [-0.39, 0.29) is 0 Å². The van der Waals surface area contributed by atoms with Crippen LogP contribution in [0.15, 0.2) is 0 Å². The van der Waals surface area contributed by atoms with Gasteiger partial charge in [-0.15, -0.1) is 0 Å². The summed E-state index contributed by atoms with van der Waals surface area (Å²) in [5.74, 6) is 1.01. The molecule has 0 radical (unpaired) electrons. The highest BCUT2D eigenvalue weighted by Crippen LogP contribution is 2.09. The van der Waals surface area contributed by atoms with E-state index in [9.17, 15) is 9.00 Å². The Morgan fingerprint density at radius 1 is 1.33 bits per heavy atom. The predicted molar refractivity (Wildman–Crippen MR) is 61.5 cm³/mol. The Labute approximate surface area is 91.5 Å². The van der Waals surface area contributed by atoms with Crippen molar-refractivity contribution in [2.75, 3.05) is 24.6 Å². The van der Waals surface area contributed by atoms with Gasteiger partial charge >= 0.3 is 6.09 Å². The van der Waals surface area contributed by atoms with Crippen LogP contribution in [0.25, 0.3) is 0 Å². The van der Waals surface area contributed by atoms with Crippen LogP contribution in [0.5, 0.6) is 0 Å². The normalized spacial score (nSPS) is 22.9. The molecule has 1 aliphatic heterocycles. The highest BCUT2D eigenvalue weighted by molar-refractivity contribution is 8.01. The van der Waals surface area contributed by atoms with Crippen molar-refractivity contribution in [3.63, 3.8) is 0 Å². The average molecular weight is 236 g/mol. The fourth-order valence-corrected chi connectivity index (χ4v) is 3.20. The van der Waals surface area contributed by atoms with E-state index in [1.807, 2.05) is 0 Å². The second-order valence-electron chi connectivity index (χ2n) is 4.70. The molecule has 2 N–H and O–H groups in total. The van der Waals surface area contributed by atoms with Gasteiger partial charge in [0.05, 0.1) is 0 Å². The van der Waals surface area contributed by atoms with Gasteiger partial charge in [0.1, 0.15) is 5.60 Å². The first kappa shape index (κ1) is 12.4. The molecule has 0 aromatic rings. The van der Waals surface area contributed by atoms with Crippen molar-refractivity contribution in [1.82, 2.24) is 10.0 Å². The molecule has 0 saturated carbocycles. The summed E-state index contributed by atoms with van der Waals surface area (Å²) in [6.45, 7) is 6.72. The van der Waals surface area contributed by atoms with Gasteiger partial charge in [0.2, 0.25) is 0 Å². The zero-order chi connectivity index (χ0) is 11.5. The summed E-state index contributed by atoms with van der Waals surface area (Å²) in [7, 11) is -2.54. The Morgan fingerprint density at radius 3 is 2.33 bits per heavy atom. The Bertz CT molecular complexity index is 276. The molecule has 0 spiro atoms. The molecule has 0 aromatic carbocycles. The lowest BCUT2D eigenvalue weighted by atomic mass is 10.2. The van der Waals surface area contributed by atoms with E-state index in [1.165, 1.54) is 0 Å². The van der Waals surface area contributed by atoms with E-state index in [4.69, 9.17) is 4.74 Å². The molecule has 0 atom stereocenters. The summed E-state index contributed by atoms with van der Waals surface area (Å²) in [5.41, 5.74) is -0.544. The summed E-state index contributed by atoms with van der Waals surface area (Å²) in [4.78, 5) is 11.4. The Hall–Kier alpha value is -0.620. The molecule has 15 heavy (non-hydrogen) atoms. The van der Waals surface area contributed by atoms with Gasteiger partial charge in [-0.1, -0.05) is 0 Å². The van der Waals surface area contributed by atoms with E-state index in [0.29, 0.717) is 24.6 Å². The van der Waals surface area contributed by atoms with E-state index in [0.717, 1.165) is 0 Å². The maximum absolute atomic E-state index is 12.1. The third-order valence-corrected chi connectivity index (χ3v) is 4.48. The topological polar surface area (TPSA) is 67.4 Å². The van der Waals surface area contributed by atoms with Gasteiger partial charge < -0.3 is 10.1 Å². The van der Waals surface area contributed by atoms with Gasteiger partial charge in [0.15, 0.2) is 0 Å². The molecule has 0 bridgehead atoms. The number of nitrogens with one attached hydrogen (secondary N) is 2. The van der Waals surface area contributed by atoms with Crippen LogP contribution in [0.4, 0.5) is 4.79 Å². The van der Waals surface area contributed by atoms with Crippen molar-refractivity contribution in [2.45, 2.75) is 26.4 Å². The fourth-order valence-electron chi connectivity index (χ4n) is 1.34. The van der Waals surface area contributed by atoms with Gasteiger partial charge in [-0.05, 0) is 30.9 Å². The minimum Gasteiger partial charge on any atom is -0.443 e. The van der Waals surface area contributed by atoms with Crippen LogP contribution in [0.3, 0.4) is 0 Å². The van der Waals surface area contributed by atoms with Crippen LogP contribution in [0.1, 0.15) is 20.8 Å². The number of hydrogen-bond donors (Lipinski definition) is 3. The molecule has 1 saturated heterocycles. The number of thiol groups is 1. The Balaban J connectivity index is 2.46. The minimum absolute atomic E-state index is 0.506. The summed E-state index contributed by atoms with van der Waals surface area (Å²) < 4.78 is 19.6. The van der Waals surface area contributed by atoms with Crippen LogP contribution in [0, 0.1) is 0 Å². The van der Waals surface area contributed by atoms with E-state index < -0.39 is 21.8 Å². The smallest absolute Gasteiger partial charge is 0.418 e.